The Labute approximate surface area is 69.9 Å². The first kappa shape index (κ1) is 9.85. The van der Waals surface area contributed by atoms with Gasteiger partial charge in [-0.15, -0.1) is 0 Å². The quantitative estimate of drug-likeness (QED) is 0.567. The van der Waals surface area contributed by atoms with Gasteiger partial charge >= 0.3 is 0 Å². The number of alkyl halides is 1. The number of methoxy groups -OCH3 is 1. The summed E-state index contributed by atoms with van der Waals surface area (Å²) in [7, 11) is 1.28. The highest BCUT2D eigenvalue weighted by molar-refractivity contribution is 4.87. The lowest BCUT2D eigenvalue weighted by Gasteiger charge is -2.37. The Balaban J connectivity index is 2.67. The maximum absolute atomic E-state index is 13.0. The van der Waals surface area contributed by atoms with Gasteiger partial charge in [0.25, 0.3) is 0 Å². The van der Waals surface area contributed by atoms with Gasteiger partial charge in [0.05, 0.1) is 6.10 Å². The van der Waals surface area contributed by atoms with Crippen LogP contribution in [0.3, 0.4) is 0 Å². The molecular weight excluding hydrogens is 167 g/mol. The molecule has 1 heterocycles. The van der Waals surface area contributed by atoms with Gasteiger partial charge in [0.2, 0.25) is 0 Å². The molecular formula is C7H13FO4. The summed E-state index contributed by atoms with van der Waals surface area (Å²) in [6, 6.07) is 0. The highest BCUT2D eigenvalue weighted by atomic mass is 19.1. The summed E-state index contributed by atoms with van der Waals surface area (Å²) in [5.41, 5.74) is 0. The van der Waals surface area contributed by atoms with Gasteiger partial charge in [0, 0.05) is 7.11 Å². The van der Waals surface area contributed by atoms with E-state index >= 15 is 0 Å². The maximum atomic E-state index is 13.0. The van der Waals surface area contributed by atoms with E-state index in [9.17, 15) is 9.50 Å². The minimum Gasteiger partial charge on any atom is -0.388 e. The molecule has 4 nitrogen and oxygen atoms in total. The largest absolute Gasteiger partial charge is 0.388 e. The highest BCUT2D eigenvalue weighted by Gasteiger charge is 2.43. The monoisotopic (exact) mass is 180 g/mol. The van der Waals surface area contributed by atoms with Crippen LogP contribution < -0.4 is 0 Å². The van der Waals surface area contributed by atoms with Crippen LogP contribution in [0.1, 0.15) is 6.92 Å². The number of hydrogen-bond acceptors (Lipinski definition) is 4. The molecule has 1 saturated heterocycles. The summed E-state index contributed by atoms with van der Waals surface area (Å²) in [5, 5.41) is 18.3. The number of aliphatic hydroxyl groups excluding tert-OH is 2. The topological polar surface area (TPSA) is 58.9 Å². The van der Waals surface area contributed by atoms with Crippen molar-refractivity contribution in [3.8, 4) is 0 Å². The molecule has 5 atom stereocenters. The van der Waals surface area contributed by atoms with E-state index in [1.165, 1.54) is 7.11 Å². The zero-order chi connectivity index (χ0) is 9.30. The molecule has 0 spiro atoms. The Hall–Kier alpha value is -0.230. The Morgan fingerprint density at radius 1 is 1.42 bits per heavy atom. The zero-order valence-electron chi connectivity index (χ0n) is 6.98. The molecule has 0 aromatic heterocycles. The van der Waals surface area contributed by atoms with Crippen LogP contribution in [-0.2, 0) is 9.47 Å². The average molecular weight is 180 g/mol. The summed E-state index contributed by atoms with van der Waals surface area (Å²) in [6.45, 7) is 1.55. The molecule has 1 aliphatic heterocycles. The predicted octanol–water partition coefficient (Wildman–Crippen LogP) is -0.563. The van der Waals surface area contributed by atoms with Gasteiger partial charge in [-0.05, 0) is 6.92 Å². The first-order valence-electron chi connectivity index (χ1n) is 3.76. The van der Waals surface area contributed by atoms with Crippen molar-refractivity contribution >= 4 is 0 Å². The number of aliphatic hydroxyl groups is 2. The van der Waals surface area contributed by atoms with E-state index in [1.54, 1.807) is 6.92 Å². The first-order chi connectivity index (χ1) is 5.57. The fourth-order valence-electron chi connectivity index (χ4n) is 1.26. The molecule has 1 fully saturated rings. The molecule has 0 aliphatic carbocycles. The normalized spacial score (nSPS) is 49.2. The molecule has 2 unspecified atom stereocenters. The minimum absolute atomic E-state index is 0.614. The van der Waals surface area contributed by atoms with Crippen molar-refractivity contribution in [2.24, 2.45) is 0 Å². The molecule has 1 rings (SSSR count). The average Bonchev–Trinajstić information content (AvgIpc) is 2.02. The van der Waals surface area contributed by atoms with Crippen molar-refractivity contribution in [2.75, 3.05) is 7.11 Å². The molecule has 0 aromatic rings. The smallest absolute Gasteiger partial charge is 0.189 e. The second kappa shape index (κ2) is 3.66. The van der Waals surface area contributed by atoms with Crippen LogP contribution in [0, 0.1) is 0 Å². The summed E-state index contributed by atoms with van der Waals surface area (Å²) < 4.78 is 22.4. The number of halogens is 1. The summed E-state index contributed by atoms with van der Waals surface area (Å²) in [4.78, 5) is 0. The van der Waals surface area contributed by atoms with Crippen molar-refractivity contribution in [3.05, 3.63) is 0 Å². The van der Waals surface area contributed by atoms with E-state index in [1.807, 2.05) is 0 Å². The number of ether oxygens (including phenoxy) is 2. The molecule has 1 aliphatic rings. The van der Waals surface area contributed by atoms with E-state index in [4.69, 9.17) is 14.6 Å². The van der Waals surface area contributed by atoms with Gasteiger partial charge in [-0.1, -0.05) is 0 Å². The van der Waals surface area contributed by atoms with Gasteiger partial charge in [-0.25, -0.2) is 4.39 Å². The van der Waals surface area contributed by atoms with E-state index in [-0.39, 0.29) is 0 Å². The Bertz CT molecular complexity index is 140. The van der Waals surface area contributed by atoms with Crippen LogP contribution in [0.25, 0.3) is 0 Å². The molecule has 0 radical (unpaired) electrons. The van der Waals surface area contributed by atoms with Crippen LogP contribution in [0.15, 0.2) is 0 Å². The van der Waals surface area contributed by atoms with Gasteiger partial charge in [0.15, 0.2) is 12.5 Å². The molecule has 72 valence electrons. The SMILES string of the molecule is CO[C@H]1C(F)C(O)O[C@@H](C)[C@@H]1O. The predicted molar refractivity (Wildman–Crippen MR) is 38.3 cm³/mol. The van der Waals surface area contributed by atoms with Crippen LogP contribution >= 0.6 is 0 Å². The summed E-state index contributed by atoms with van der Waals surface area (Å²) in [6.07, 6.45) is -5.86. The van der Waals surface area contributed by atoms with Crippen LogP contribution in [-0.4, -0.2) is 48.1 Å². The molecule has 0 aromatic carbocycles. The second-order valence-electron chi connectivity index (χ2n) is 2.87. The van der Waals surface area contributed by atoms with Crippen molar-refractivity contribution in [3.63, 3.8) is 0 Å². The van der Waals surface area contributed by atoms with Gasteiger partial charge < -0.3 is 19.7 Å². The highest BCUT2D eigenvalue weighted by Crippen LogP contribution is 2.23. The molecule has 0 amide bonds. The van der Waals surface area contributed by atoms with E-state index in [0.29, 0.717) is 0 Å². The number of hydrogen-bond donors (Lipinski definition) is 2. The van der Waals surface area contributed by atoms with E-state index < -0.39 is 30.8 Å². The summed E-state index contributed by atoms with van der Waals surface area (Å²) >= 11 is 0. The third kappa shape index (κ3) is 1.59. The molecule has 0 saturated carbocycles. The van der Waals surface area contributed by atoms with E-state index in [2.05, 4.69) is 0 Å². The van der Waals surface area contributed by atoms with Crippen LogP contribution in [0.2, 0.25) is 0 Å². The third-order valence-corrected chi connectivity index (χ3v) is 2.03. The van der Waals surface area contributed by atoms with E-state index in [0.717, 1.165) is 0 Å². The molecule has 5 heteroatoms. The second-order valence-corrected chi connectivity index (χ2v) is 2.87. The van der Waals surface area contributed by atoms with Gasteiger partial charge in [-0.2, -0.15) is 0 Å². The van der Waals surface area contributed by atoms with Crippen molar-refractivity contribution in [2.45, 2.75) is 37.7 Å². The maximum Gasteiger partial charge on any atom is 0.189 e. The van der Waals surface area contributed by atoms with Gasteiger partial charge in [0.1, 0.15) is 12.2 Å². The van der Waals surface area contributed by atoms with Crippen molar-refractivity contribution in [1.29, 1.82) is 0 Å². The minimum atomic E-state index is -1.69. The van der Waals surface area contributed by atoms with Crippen molar-refractivity contribution in [1.82, 2.24) is 0 Å². The van der Waals surface area contributed by atoms with Crippen LogP contribution in [0.5, 0.6) is 0 Å². The lowest BCUT2D eigenvalue weighted by Crippen LogP contribution is -2.55. The molecule has 12 heavy (non-hydrogen) atoms. The zero-order valence-corrected chi connectivity index (χ0v) is 6.98. The van der Waals surface area contributed by atoms with Gasteiger partial charge in [-0.3, -0.25) is 0 Å². The fraction of sp³-hybridized carbons (Fsp3) is 1.00. The first-order valence-corrected chi connectivity index (χ1v) is 3.76. The Morgan fingerprint density at radius 2 is 2.00 bits per heavy atom. The Kier molecular flexibility index (Phi) is 3.00. The van der Waals surface area contributed by atoms with Crippen molar-refractivity contribution < 1.29 is 24.1 Å². The lowest BCUT2D eigenvalue weighted by molar-refractivity contribution is -0.265. The Morgan fingerprint density at radius 3 is 2.50 bits per heavy atom. The third-order valence-electron chi connectivity index (χ3n) is 2.03. The van der Waals surface area contributed by atoms with Crippen LogP contribution in [0.4, 0.5) is 4.39 Å². The fourth-order valence-corrected chi connectivity index (χ4v) is 1.26. The number of rotatable bonds is 1. The molecule has 2 N–H and O–H groups in total. The lowest BCUT2D eigenvalue weighted by atomic mass is 10.0. The molecule has 0 bridgehead atoms. The summed E-state index contributed by atoms with van der Waals surface area (Å²) in [5.74, 6) is 0. The standard InChI is InChI=1S/C7H13FO4/c1-3-5(9)6(11-2)4(8)7(10)12-3/h3-7,9-10H,1-2H3/t3-,4?,5-,6-,7?/m0/s1.